The van der Waals surface area contributed by atoms with Crippen molar-refractivity contribution in [1.29, 1.82) is 0 Å². The van der Waals surface area contributed by atoms with Gasteiger partial charge in [-0.25, -0.2) is 8.42 Å². The molecule has 0 fully saturated rings. The Morgan fingerprint density at radius 3 is 2.64 bits per heavy atom. The van der Waals surface area contributed by atoms with Crippen molar-refractivity contribution >= 4 is 33.0 Å². The molecule has 0 saturated heterocycles. The number of carbonyl (C=O) groups excluding carboxylic acids is 1. The molecular formula is C17H22N2O4S2. The summed E-state index contributed by atoms with van der Waals surface area (Å²) in [5.74, 6) is -0.0809. The molecule has 0 aliphatic carbocycles. The van der Waals surface area contributed by atoms with Crippen molar-refractivity contribution in [1.82, 2.24) is 5.32 Å². The molecule has 6 nitrogen and oxygen atoms in total. The molecule has 0 spiro atoms. The average Bonchev–Trinajstić information content (AvgIpc) is 3.06. The van der Waals surface area contributed by atoms with Crippen molar-refractivity contribution in [3.8, 4) is 5.75 Å². The summed E-state index contributed by atoms with van der Waals surface area (Å²) in [5.41, 5.74) is 0.311. The van der Waals surface area contributed by atoms with Crippen LogP contribution >= 0.6 is 11.3 Å². The molecule has 0 atom stereocenters. The van der Waals surface area contributed by atoms with Crippen LogP contribution in [0.1, 0.15) is 37.0 Å². The lowest BCUT2D eigenvalue weighted by atomic mass is 10.1. The minimum atomic E-state index is -3.69. The monoisotopic (exact) mass is 382 g/mol. The predicted molar refractivity (Wildman–Crippen MR) is 99.6 cm³/mol. The van der Waals surface area contributed by atoms with E-state index in [1.807, 2.05) is 0 Å². The fourth-order valence-electron chi connectivity index (χ4n) is 2.22. The summed E-state index contributed by atoms with van der Waals surface area (Å²) in [6.45, 7) is 4.76. The van der Waals surface area contributed by atoms with Gasteiger partial charge in [-0.1, -0.05) is 19.9 Å². The van der Waals surface area contributed by atoms with Gasteiger partial charge in [0.05, 0.1) is 11.3 Å². The summed E-state index contributed by atoms with van der Waals surface area (Å²) in [6.07, 6.45) is 1.87. The quantitative estimate of drug-likeness (QED) is 0.610. The standard InChI is InChI=1S/C17H22N2O4S2/c1-12(2)5-3-9-18-17(21)14-8-7-13(11-15(14)20)19-25(22,23)16-6-4-10-24-16/h4,6-8,10-12,19-20H,3,5,9H2,1-2H3,(H,18,21). The summed E-state index contributed by atoms with van der Waals surface area (Å²) >= 11 is 1.10. The summed E-state index contributed by atoms with van der Waals surface area (Å²) in [6, 6.07) is 7.22. The summed E-state index contributed by atoms with van der Waals surface area (Å²) in [4.78, 5) is 12.1. The SMILES string of the molecule is CC(C)CCCNC(=O)c1ccc(NS(=O)(=O)c2cccs2)cc1O. The van der Waals surface area contributed by atoms with Gasteiger partial charge in [-0.3, -0.25) is 9.52 Å². The molecule has 1 amide bonds. The number of phenols is 1. The van der Waals surface area contributed by atoms with Crippen LogP contribution in [-0.4, -0.2) is 26.0 Å². The maximum Gasteiger partial charge on any atom is 0.271 e. The van der Waals surface area contributed by atoms with Crippen LogP contribution in [0.15, 0.2) is 39.9 Å². The predicted octanol–water partition coefficient (Wildman–Crippen LogP) is 3.42. The second-order valence-electron chi connectivity index (χ2n) is 6.06. The van der Waals surface area contributed by atoms with Gasteiger partial charge in [-0.05, 0) is 42.3 Å². The third kappa shape index (κ3) is 5.47. The van der Waals surface area contributed by atoms with Crippen molar-refractivity contribution in [2.45, 2.75) is 30.9 Å². The maximum atomic E-state index is 12.2. The zero-order chi connectivity index (χ0) is 18.4. The molecule has 1 aromatic heterocycles. The van der Waals surface area contributed by atoms with Crippen LogP contribution in [0.3, 0.4) is 0 Å². The molecule has 3 N–H and O–H groups in total. The number of anilines is 1. The van der Waals surface area contributed by atoms with Crippen LogP contribution in [-0.2, 0) is 10.0 Å². The number of nitrogens with one attached hydrogen (secondary N) is 2. The van der Waals surface area contributed by atoms with Gasteiger partial charge in [0, 0.05) is 12.6 Å². The Hall–Kier alpha value is -2.06. The second-order valence-corrected chi connectivity index (χ2v) is 8.92. The molecule has 0 saturated carbocycles. The third-order valence-electron chi connectivity index (χ3n) is 3.50. The number of thiophene rings is 1. The molecule has 136 valence electrons. The fourth-order valence-corrected chi connectivity index (χ4v) is 4.26. The lowest BCUT2D eigenvalue weighted by molar-refractivity contribution is 0.0950. The minimum absolute atomic E-state index is 0.114. The number of rotatable bonds is 8. The summed E-state index contributed by atoms with van der Waals surface area (Å²) in [5, 5.41) is 14.5. The summed E-state index contributed by atoms with van der Waals surface area (Å²) in [7, 11) is -3.69. The Bertz CT molecular complexity index is 815. The van der Waals surface area contributed by atoms with E-state index in [-0.39, 0.29) is 27.1 Å². The summed E-state index contributed by atoms with van der Waals surface area (Å²) < 4.78 is 26.9. The number of phenolic OH excluding ortho intramolecular Hbond substituents is 1. The highest BCUT2D eigenvalue weighted by atomic mass is 32.2. The van der Waals surface area contributed by atoms with E-state index < -0.39 is 10.0 Å². The smallest absolute Gasteiger partial charge is 0.271 e. The lowest BCUT2D eigenvalue weighted by Crippen LogP contribution is -2.24. The van der Waals surface area contributed by atoms with E-state index in [2.05, 4.69) is 23.9 Å². The number of hydrogen-bond donors (Lipinski definition) is 3. The van der Waals surface area contributed by atoms with Crippen LogP contribution in [0.25, 0.3) is 0 Å². The number of hydrogen-bond acceptors (Lipinski definition) is 5. The van der Waals surface area contributed by atoms with E-state index in [0.29, 0.717) is 12.5 Å². The fraction of sp³-hybridized carbons (Fsp3) is 0.353. The highest BCUT2D eigenvalue weighted by Gasteiger charge is 2.17. The van der Waals surface area contributed by atoms with Gasteiger partial charge in [0.2, 0.25) is 0 Å². The van der Waals surface area contributed by atoms with Crippen molar-refractivity contribution in [2.24, 2.45) is 5.92 Å². The number of amides is 1. The van der Waals surface area contributed by atoms with Gasteiger partial charge in [0.1, 0.15) is 9.96 Å². The number of aromatic hydroxyl groups is 1. The van der Waals surface area contributed by atoms with Crippen LogP contribution in [0.4, 0.5) is 5.69 Å². The lowest BCUT2D eigenvalue weighted by Gasteiger charge is -2.10. The molecule has 0 aliphatic heterocycles. The van der Waals surface area contributed by atoms with Crippen molar-refractivity contribution < 1.29 is 18.3 Å². The Balaban J connectivity index is 2.01. The van der Waals surface area contributed by atoms with E-state index in [4.69, 9.17) is 0 Å². The highest BCUT2D eigenvalue weighted by Crippen LogP contribution is 2.25. The first-order valence-electron chi connectivity index (χ1n) is 7.97. The van der Waals surface area contributed by atoms with Gasteiger partial charge < -0.3 is 10.4 Å². The van der Waals surface area contributed by atoms with Gasteiger partial charge in [-0.2, -0.15) is 0 Å². The molecule has 0 unspecified atom stereocenters. The first-order valence-corrected chi connectivity index (χ1v) is 10.3. The van der Waals surface area contributed by atoms with E-state index >= 15 is 0 Å². The van der Waals surface area contributed by atoms with Crippen LogP contribution in [0.5, 0.6) is 5.75 Å². The third-order valence-corrected chi connectivity index (χ3v) is 6.28. The van der Waals surface area contributed by atoms with E-state index in [9.17, 15) is 18.3 Å². The zero-order valence-corrected chi connectivity index (χ0v) is 15.8. The zero-order valence-electron chi connectivity index (χ0n) is 14.2. The molecular weight excluding hydrogens is 360 g/mol. The van der Waals surface area contributed by atoms with Gasteiger partial charge in [0.15, 0.2) is 0 Å². The minimum Gasteiger partial charge on any atom is -0.507 e. The highest BCUT2D eigenvalue weighted by molar-refractivity contribution is 7.94. The molecule has 2 rings (SSSR count). The van der Waals surface area contributed by atoms with Gasteiger partial charge in [0.25, 0.3) is 15.9 Å². The van der Waals surface area contributed by atoms with Crippen molar-refractivity contribution in [3.63, 3.8) is 0 Å². The van der Waals surface area contributed by atoms with E-state index in [0.717, 1.165) is 24.2 Å². The Morgan fingerprint density at radius 1 is 1.28 bits per heavy atom. The van der Waals surface area contributed by atoms with Crippen molar-refractivity contribution in [3.05, 3.63) is 41.3 Å². The Kier molecular flexibility index (Phi) is 6.44. The molecule has 0 aliphatic rings. The maximum absolute atomic E-state index is 12.2. The first-order chi connectivity index (χ1) is 11.8. The van der Waals surface area contributed by atoms with Gasteiger partial charge >= 0.3 is 0 Å². The molecule has 0 radical (unpaired) electrons. The first kappa shape index (κ1) is 19.3. The molecule has 1 heterocycles. The normalized spacial score (nSPS) is 11.5. The van der Waals surface area contributed by atoms with Crippen LogP contribution in [0, 0.1) is 5.92 Å². The Labute approximate surface area is 151 Å². The largest absolute Gasteiger partial charge is 0.507 e. The molecule has 2 aromatic rings. The Morgan fingerprint density at radius 2 is 2.04 bits per heavy atom. The van der Waals surface area contributed by atoms with Crippen LogP contribution in [0.2, 0.25) is 0 Å². The second kappa shape index (κ2) is 8.35. The molecule has 8 heteroatoms. The number of benzene rings is 1. The van der Waals surface area contributed by atoms with Crippen LogP contribution < -0.4 is 10.0 Å². The van der Waals surface area contributed by atoms with E-state index in [1.54, 1.807) is 11.4 Å². The molecule has 0 bridgehead atoms. The molecule has 25 heavy (non-hydrogen) atoms. The molecule has 1 aromatic carbocycles. The number of sulfonamides is 1. The average molecular weight is 383 g/mol. The van der Waals surface area contributed by atoms with E-state index in [1.165, 1.54) is 24.3 Å². The van der Waals surface area contributed by atoms with Gasteiger partial charge in [-0.15, -0.1) is 11.3 Å². The topological polar surface area (TPSA) is 95.5 Å². The van der Waals surface area contributed by atoms with Crippen molar-refractivity contribution in [2.75, 3.05) is 11.3 Å². The number of carbonyl (C=O) groups is 1.